The van der Waals surface area contributed by atoms with Gasteiger partial charge < -0.3 is 10.1 Å². The zero-order valence-electron chi connectivity index (χ0n) is 13.2. The molecule has 1 unspecified atom stereocenters. The third kappa shape index (κ3) is 4.26. The van der Waals surface area contributed by atoms with Crippen LogP contribution in [0.4, 0.5) is 4.79 Å². The summed E-state index contributed by atoms with van der Waals surface area (Å²) in [5.74, 6) is 1.61. The number of methoxy groups -OCH3 is 1. The molecule has 124 valence electrons. The van der Waals surface area contributed by atoms with Crippen LogP contribution in [0.1, 0.15) is 17.2 Å². The predicted octanol–water partition coefficient (Wildman–Crippen LogP) is 2.73. The normalized spacial score (nSPS) is 16.4. The summed E-state index contributed by atoms with van der Waals surface area (Å²) in [4.78, 5) is 20.5. The van der Waals surface area contributed by atoms with E-state index in [-0.39, 0.29) is 12.1 Å². The van der Waals surface area contributed by atoms with E-state index in [1.807, 2.05) is 36.4 Å². The van der Waals surface area contributed by atoms with Crippen molar-refractivity contribution in [1.29, 1.82) is 0 Å². The Hall–Kier alpha value is -2.54. The van der Waals surface area contributed by atoms with E-state index in [4.69, 9.17) is 4.74 Å². The minimum atomic E-state index is -0.257. The highest BCUT2D eigenvalue weighted by atomic mass is 32.2. The van der Waals surface area contributed by atoms with Crippen molar-refractivity contribution >= 4 is 23.0 Å². The number of amides is 2. The van der Waals surface area contributed by atoms with Crippen molar-refractivity contribution in [1.82, 2.24) is 15.6 Å². The molecule has 1 aromatic carbocycles. The lowest BCUT2D eigenvalue weighted by atomic mass is 10.1. The number of hydrogen-bond acceptors (Lipinski definition) is 5. The molecule has 0 aliphatic carbocycles. The summed E-state index contributed by atoms with van der Waals surface area (Å²) in [7, 11) is 1.62. The number of ether oxygens (including phenoxy) is 1. The van der Waals surface area contributed by atoms with Gasteiger partial charge in [0.05, 0.1) is 13.2 Å². The van der Waals surface area contributed by atoms with Gasteiger partial charge in [-0.25, -0.2) is 4.79 Å². The Morgan fingerprint density at radius 2 is 2.00 bits per heavy atom. The van der Waals surface area contributed by atoms with Crippen molar-refractivity contribution in [3.8, 4) is 5.75 Å². The maximum absolute atomic E-state index is 12.0. The van der Waals surface area contributed by atoms with Crippen LogP contribution in [0.2, 0.25) is 0 Å². The first-order valence-corrected chi connectivity index (χ1v) is 8.51. The van der Waals surface area contributed by atoms with Crippen molar-refractivity contribution in [2.75, 3.05) is 12.9 Å². The predicted molar refractivity (Wildman–Crippen MR) is 95.2 cm³/mol. The molecule has 2 amide bonds. The number of hydrogen-bond donors (Lipinski definition) is 2. The van der Waals surface area contributed by atoms with Gasteiger partial charge in [-0.1, -0.05) is 23.9 Å². The Morgan fingerprint density at radius 1 is 1.25 bits per heavy atom. The topological polar surface area (TPSA) is 75.6 Å². The third-order valence-corrected chi connectivity index (χ3v) is 4.54. The van der Waals surface area contributed by atoms with Crippen LogP contribution in [0.25, 0.3) is 0 Å². The molecule has 0 spiro atoms. The van der Waals surface area contributed by atoms with Gasteiger partial charge in [0.1, 0.15) is 5.75 Å². The SMILES string of the molecule is COc1ccc(CNC(=O)NC2=NC(c3ccncc3)CS2)cc1. The van der Waals surface area contributed by atoms with Crippen LogP contribution in [0.5, 0.6) is 5.75 Å². The van der Waals surface area contributed by atoms with Crippen molar-refractivity contribution in [3.63, 3.8) is 0 Å². The van der Waals surface area contributed by atoms with E-state index in [1.54, 1.807) is 31.3 Å². The average molecular weight is 342 g/mol. The standard InChI is InChI=1S/C17H18N4O2S/c1-23-14-4-2-12(3-5-14)10-19-16(22)21-17-20-15(11-24-17)13-6-8-18-9-7-13/h2-9,15H,10-11H2,1H3,(H2,19,20,21,22). The summed E-state index contributed by atoms with van der Waals surface area (Å²) in [5.41, 5.74) is 2.11. The van der Waals surface area contributed by atoms with Crippen LogP contribution >= 0.6 is 11.8 Å². The number of urea groups is 1. The number of aliphatic imine (C=N–C) groups is 1. The van der Waals surface area contributed by atoms with E-state index in [9.17, 15) is 4.79 Å². The number of thioether (sulfide) groups is 1. The van der Waals surface area contributed by atoms with Gasteiger partial charge in [0, 0.05) is 24.7 Å². The Labute approximate surface area is 144 Å². The molecule has 6 nitrogen and oxygen atoms in total. The first-order chi connectivity index (χ1) is 11.7. The molecule has 1 aliphatic heterocycles. The molecule has 7 heteroatoms. The number of aromatic nitrogens is 1. The number of carbonyl (C=O) groups is 1. The maximum atomic E-state index is 12.0. The van der Waals surface area contributed by atoms with Crippen molar-refractivity contribution in [2.24, 2.45) is 4.99 Å². The van der Waals surface area contributed by atoms with Crippen LogP contribution in [0.15, 0.2) is 53.8 Å². The Bertz CT molecular complexity index is 719. The highest BCUT2D eigenvalue weighted by Crippen LogP contribution is 2.28. The van der Waals surface area contributed by atoms with Gasteiger partial charge in [0.15, 0.2) is 5.17 Å². The number of nitrogens with zero attached hydrogens (tertiary/aromatic N) is 2. The molecule has 2 heterocycles. The lowest BCUT2D eigenvalue weighted by molar-refractivity contribution is 0.245. The maximum Gasteiger partial charge on any atom is 0.321 e. The molecule has 3 rings (SSSR count). The van der Waals surface area contributed by atoms with Gasteiger partial charge in [-0.15, -0.1) is 0 Å². The molecule has 1 aromatic heterocycles. The second-order valence-electron chi connectivity index (χ2n) is 5.20. The van der Waals surface area contributed by atoms with Crippen molar-refractivity contribution < 1.29 is 9.53 Å². The lowest BCUT2D eigenvalue weighted by Gasteiger charge is -2.07. The van der Waals surface area contributed by atoms with Crippen LogP contribution in [0.3, 0.4) is 0 Å². The number of pyridine rings is 1. The second kappa shape index (κ2) is 7.83. The van der Waals surface area contributed by atoms with Crippen LogP contribution < -0.4 is 15.4 Å². The highest BCUT2D eigenvalue weighted by molar-refractivity contribution is 8.14. The molecular weight excluding hydrogens is 324 g/mol. The number of amidine groups is 1. The quantitative estimate of drug-likeness (QED) is 0.896. The molecule has 0 fully saturated rings. The Balaban J connectivity index is 1.50. The van der Waals surface area contributed by atoms with Crippen molar-refractivity contribution in [3.05, 3.63) is 59.9 Å². The summed E-state index contributed by atoms with van der Waals surface area (Å²) in [6.07, 6.45) is 3.50. The number of rotatable bonds is 4. The van der Waals surface area contributed by atoms with Gasteiger partial charge in [0.25, 0.3) is 0 Å². The fraction of sp³-hybridized carbons (Fsp3) is 0.235. The number of benzene rings is 1. The Kier molecular flexibility index (Phi) is 5.32. The fourth-order valence-corrected chi connectivity index (χ4v) is 3.22. The van der Waals surface area contributed by atoms with Crippen LogP contribution in [0, 0.1) is 0 Å². The number of nitrogens with one attached hydrogen (secondary N) is 2. The first-order valence-electron chi connectivity index (χ1n) is 7.53. The second-order valence-corrected chi connectivity index (χ2v) is 6.21. The summed E-state index contributed by atoms with van der Waals surface area (Å²) < 4.78 is 5.11. The fourth-order valence-electron chi connectivity index (χ4n) is 2.27. The zero-order valence-corrected chi connectivity index (χ0v) is 14.0. The van der Waals surface area contributed by atoms with E-state index >= 15 is 0 Å². The van der Waals surface area contributed by atoms with Gasteiger partial charge in [-0.05, 0) is 35.4 Å². The first kappa shape index (κ1) is 16.3. The molecule has 0 saturated heterocycles. The van der Waals surface area contributed by atoms with E-state index in [1.165, 1.54) is 0 Å². The molecular formula is C17H18N4O2S. The lowest BCUT2D eigenvalue weighted by Crippen LogP contribution is -2.37. The minimum Gasteiger partial charge on any atom is -0.497 e. The number of carbonyl (C=O) groups excluding carboxylic acids is 1. The summed E-state index contributed by atoms with van der Waals surface area (Å²) >= 11 is 1.54. The largest absolute Gasteiger partial charge is 0.497 e. The minimum absolute atomic E-state index is 0.0647. The molecule has 0 bridgehead atoms. The average Bonchev–Trinajstić information content (AvgIpc) is 3.09. The van der Waals surface area contributed by atoms with Gasteiger partial charge in [-0.2, -0.15) is 0 Å². The highest BCUT2D eigenvalue weighted by Gasteiger charge is 2.21. The van der Waals surface area contributed by atoms with E-state index in [2.05, 4.69) is 20.6 Å². The van der Waals surface area contributed by atoms with Gasteiger partial charge >= 0.3 is 6.03 Å². The molecule has 2 N–H and O–H groups in total. The summed E-state index contributed by atoms with van der Waals surface area (Å²) in [6, 6.07) is 11.3. The zero-order chi connectivity index (χ0) is 16.8. The molecule has 1 atom stereocenters. The van der Waals surface area contributed by atoms with E-state index < -0.39 is 0 Å². The third-order valence-electron chi connectivity index (χ3n) is 3.57. The smallest absolute Gasteiger partial charge is 0.321 e. The summed E-state index contributed by atoms with van der Waals surface area (Å²) in [6.45, 7) is 0.446. The molecule has 0 radical (unpaired) electrons. The summed E-state index contributed by atoms with van der Waals surface area (Å²) in [5, 5.41) is 6.26. The Morgan fingerprint density at radius 3 is 2.71 bits per heavy atom. The molecule has 2 aromatic rings. The molecule has 0 saturated carbocycles. The van der Waals surface area contributed by atoms with Crippen molar-refractivity contribution in [2.45, 2.75) is 12.6 Å². The van der Waals surface area contributed by atoms with Gasteiger partial charge in [-0.3, -0.25) is 15.3 Å². The van der Waals surface area contributed by atoms with Crippen LogP contribution in [-0.4, -0.2) is 29.0 Å². The molecule has 1 aliphatic rings. The monoisotopic (exact) mass is 342 g/mol. The van der Waals surface area contributed by atoms with E-state index in [0.717, 1.165) is 22.6 Å². The van der Waals surface area contributed by atoms with E-state index in [0.29, 0.717) is 11.7 Å². The molecule has 24 heavy (non-hydrogen) atoms. The van der Waals surface area contributed by atoms with Crippen LogP contribution in [-0.2, 0) is 6.54 Å². The van der Waals surface area contributed by atoms with Gasteiger partial charge in [0.2, 0.25) is 0 Å².